The maximum absolute atomic E-state index is 12.2. The van der Waals surface area contributed by atoms with Crippen LogP contribution in [0.2, 0.25) is 0 Å². The highest BCUT2D eigenvalue weighted by Gasteiger charge is 2.28. The third kappa shape index (κ3) is 2.86. The summed E-state index contributed by atoms with van der Waals surface area (Å²) in [5.74, 6) is 0.354. The number of methoxy groups -OCH3 is 1. The Balaban J connectivity index is 1.72. The minimum absolute atomic E-state index is 0.179. The van der Waals surface area contributed by atoms with E-state index in [0.29, 0.717) is 23.2 Å². The molecule has 0 radical (unpaired) electrons. The van der Waals surface area contributed by atoms with E-state index in [-0.39, 0.29) is 12.6 Å². The van der Waals surface area contributed by atoms with Gasteiger partial charge in [0.25, 0.3) is 0 Å². The molecule has 0 amide bonds. The molecule has 0 aliphatic heterocycles. The number of hydrogen-bond acceptors (Lipinski definition) is 4. The van der Waals surface area contributed by atoms with Gasteiger partial charge in [-0.25, -0.2) is 4.79 Å². The third-order valence-electron chi connectivity index (χ3n) is 3.57. The van der Waals surface area contributed by atoms with E-state index in [2.05, 4.69) is 0 Å². The van der Waals surface area contributed by atoms with Crippen LogP contribution in [-0.4, -0.2) is 17.6 Å². The molecule has 1 saturated carbocycles. The van der Waals surface area contributed by atoms with Gasteiger partial charge in [0.05, 0.1) is 12.8 Å². The van der Waals surface area contributed by atoms with Crippen LogP contribution in [0.1, 0.15) is 34.9 Å². The molecule has 21 heavy (non-hydrogen) atoms. The van der Waals surface area contributed by atoms with Gasteiger partial charge < -0.3 is 19.8 Å². The van der Waals surface area contributed by atoms with E-state index < -0.39 is 0 Å². The lowest BCUT2D eigenvalue weighted by Gasteiger charge is -2.10. The van der Waals surface area contributed by atoms with Gasteiger partial charge >= 0.3 is 5.97 Å². The molecule has 5 heteroatoms. The van der Waals surface area contributed by atoms with Gasteiger partial charge in [-0.15, -0.1) is 0 Å². The van der Waals surface area contributed by atoms with Crippen molar-refractivity contribution in [1.29, 1.82) is 0 Å². The van der Waals surface area contributed by atoms with Gasteiger partial charge in [-0.1, -0.05) is 18.2 Å². The number of carbonyl (C=O) groups excluding carboxylic acids is 1. The summed E-state index contributed by atoms with van der Waals surface area (Å²) in [4.78, 5) is 12.2. The SMILES string of the molecule is COc1ccccc1COC(=O)c1cc(N)cn1C1CC1. The Bertz CT molecular complexity index is 659. The maximum atomic E-state index is 12.2. The van der Waals surface area contributed by atoms with Crippen LogP contribution >= 0.6 is 0 Å². The minimum Gasteiger partial charge on any atom is -0.496 e. The molecule has 0 spiro atoms. The Hall–Kier alpha value is -2.43. The van der Waals surface area contributed by atoms with Crippen LogP contribution in [0.5, 0.6) is 5.75 Å². The predicted octanol–water partition coefficient (Wildman–Crippen LogP) is 2.77. The molecule has 1 aromatic heterocycles. The number of ether oxygens (including phenoxy) is 2. The van der Waals surface area contributed by atoms with Crippen molar-refractivity contribution >= 4 is 11.7 Å². The van der Waals surface area contributed by atoms with Crippen LogP contribution in [0.15, 0.2) is 36.5 Å². The van der Waals surface area contributed by atoms with Crippen molar-refractivity contribution in [3.8, 4) is 5.75 Å². The number of nitrogens with two attached hydrogens (primary N) is 1. The average molecular weight is 286 g/mol. The Labute approximate surface area is 123 Å². The molecular weight excluding hydrogens is 268 g/mol. The molecule has 1 aliphatic rings. The molecule has 1 heterocycles. The second kappa shape index (κ2) is 5.52. The molecule has 1 aromatic carbocycles. The van der Waals surface area contributed by atoms with Crippen LogP contribution in [-0.2, 0) is 11.3 Å². The van der Waals surface area contributed by atoms with E-state index in [1.54, 1.807) is 19.4 Å². The minimum atomic E-state index is -0.357. The highest BCUT2D eigenvalue weighted by Crippen LogP contribution is 2.37. The van der Waals surface area contributed by atoms with Gasteiger partial charge in [-0.3, -0.25) is 0 Å². The summed E-state index contributed by atoms with van der Waals surface area (Å²) < 4.78 is 12.6. The average Bonchev–Trinajstić information content (AvgIpc) is 3.27. The summed E-state index contributed by atoms with van der Waals surface area (Å²) in [6.45, 7) is 0.179. The number of nitrogen functional groups attached to an aromatic ring is 1. The number of hydrogen-bond donors (Lipinski definition) is 1. The summed E-state index contributed by atoms with van der Waals surface area (Å²) in [7, 11) is 1.60. The normalized spacial score (nSPS) is 14.0. The first-order valence-corrected chi connectivity index (χ1v) is 6.95. The molecule has 1 aliphatic carbocycles. The first-order valence-electron chi connectivity index (χ1n) is 6.95. The molecule has 0 bridgehead atoms. The van der Waals surface area contributed by atoms with E-state index in [9.17, 15) is 4.79 Å². The molecule has 3 rings (SSSR count). The molecule has 2 N–H and O–H groups in total. The number of nitrogens with zero attached hydrogens (tertiary/aromatic N) is 1. The molecule has 5 nitrogen and oxygen atoms in total. The van der Waals surface area contributed by atoms with Gasteiger partial charge in [-0.2, -0.15) is 0 Å². The van der Waals surface area contributed by atoms with Crippen LogP contribution in [0.25, 0.3) is 0 Å². The molecule has 0 saturated heterocycles. The van der Waals surface area contributed by atoms with Crippen LogP contribution in [0, 0.1) is 0 Å². The zero-order valence-electron chi connectivity index (χ0n) is 11.9. The van der Waals surface area contributed by atoms with Gasteiger partial charge in [-0.05, 0) is 25.0 Å². The Morgan fingerprint density at radius 1 is 1.38 bits per heavy atom. The first-order chi connectivity index (χ1) is 10.2. The highest BCUT2D eigenvalue weighted by molar-refractivity contribution is 5.89. The van der Waals surface area contributed by atoms with Crippen LogP contribution < -0.4 is 10.5 Å². The quantitative estimate of drug-likeness (QED) is 0.858. The smallest absolute Gasteiger partial charge is 0.355 e. The zero-order chi connectivity index (χ0) is 14.8. The van der Waals surface area contributed by atoms with Gasteiger partial charge in [0.15, 0.2) is 0 Å². The topological polar surface area (TPSA) is 66.5 Å². The van der Waals surface area contributed by atoms with Crippen molar-refractivity contribution < 1.29 is 14.3 Å². The van der Waals surface area contributed by atoms with E-state index in [1.165, 1.54) is 0 Å². The van der Waals surface area contributed by atoms with Crippen molar-refractivity contribution in [2.45, 2.75) is 25.5 Å². The lowest BCUT2D eigenvalue weighted by Crippen LogP contribution is -2.11. The number of benzene rings is 1. The van der Waals surface area contributed by atoms with Crippen LogP contribution in [0.3, 0.4) is 0 Å². The highest BCUT2D eigenvalue weighted by atomic mass is 16.5. The fourth-order valence-electron chi connectivity index (χ4n) is 2.36. The van der Waals surface area contributed by atoms with Gasteiger partial charge in [0.2, 0.25) is 0 Å². The lowest BCUT2D eigenvalue weighted by molar-refractivity contribution is 0.0457. The molecule has 1 fully saturated rings. The van der Waals surface area contributed by atoms with E-state index in [0.717, 1.165) is 18.4 Å². The predicted molar refractivity (Wildman–Crippen MR) is 79.2 cm³/mol. The Morgan fingerprint density at radius 3 is 2.86 bits per heavy atom. The Kier molecular flexibility index (Phi) is 3.56. The van der Waals surface area contributed by atoms with E-state index in [1.807, 2.05) is 28.8 Å². The largest absolute Gasteiger partial charge is 0.496 e. The summed E-state index contributed by atoms with van der Waals surface area (Å²) in [5.41, 5.74) is 7.73. The first kappa shape index (κ1) is 13.5. The Morgan fingerprint density at radius 2 is 2.14 bits per heavy atom. The van der Waals surface area contributed by atoms with E-state index >= 15 is 0 Å². The molecule has 0 atom stereocenters. The second-order valence-electron chi connectivity index (χ2n) is 5.19. The van der Waals surface area contributed by atoms with Crippen molar-refractivity contribution in [2.24, 2.45) is 0 Å². The third-order valence-corrected chi connectivity index (χ3v) is 3.57. The summed E-state index contributed by atoms with van der Waals surface area (Å²) >= 11 is 0. The zero-order valence-corrected chi connectivity index (χ0v) is 11.9. The fraction of sp³-hybridized carbons (Fsp3) is 0.312. The number of esters is 1. The molecule has 110 valence electrons. The number of carbonyl (C=O) groups is 1. The standard InChI is InChI=1S/C16H18N2O3/c1-20-15-5-3-2-4-11(15)10-21-16(19)14-8-12(17)9-18(14)13-6-7-13/h2-5,8-9,13H,6-7,10,17H2,1H3. The monoisotopic (exact) mass is 286 g/mol. The van der Waals surface area contributed by atoms with Crippen molar-refractivity contribution in [3.05, 3.63) is 47.8 Å². The lowest BCUT2D eigenvalue weighted by atomic mass is 10.2. The van der Waals surface area contributed by atoms with Crippen molar-refractivity contribution in [3.63, 3.8) is 0 Å². The molecular formula is C16H18N2O3. The van der Waals surface area contributed by atoms with Gasteiger partial charge in [0.1, 0.15) is 18.1 Å². The number of aromatic nitrogens is 1. The molecule has 0 unspecified atom stereocenters. The molecule has 2 aromatic rings. The number of anilines is 1. The fourth-order valence-corrected chi connectivity index (χ4v) is 2.36. The summed E-state index contributed by atoms with van der Waals surface area (Å²) in [6, 6.07) is 9.54. The maximum Gasteiger partial charge on any atom is 0.355 e. The van der Waals surface area contributed by atoms with Crippen LogP contribution in [0.4, 0.5) is 5.69 Å². The number of rotatable bonds is 5. The second-order valence-corrected chi connectivity index (χ2v) is 5.19. The van der Waals surface area contributed by atoms with Crippen molar-refractivity contribution in [2.75, 3.05) is 12.8 Å². The van der Waals surface area contributed by atoms with E-state index in [4.69, 9.17) is 15.2 Å². The summed E-state index contributed by atoms with van der Waals surface area (Å²) in [5, 5.41) is 0. The number of para-hydroxylation sites is 1. The van der Waals surface area contributed by atoms with Gasteiger partial charge in [0, 0.05) is 17.8 Å². The van der Waals surface area contributed by atoms with Crippen molar-refractivity contribution in [1.82, 2.24) is 4.57 Å². The summed E-state index contributed by atoms with van der Waals surface area (Å²) in [6.07, 6.45) is 3.97.